The predicted octanol–water partition coefficient (Wildman–Crippen LogP) is 1.62. The summed E-state index contributed by atoms with van der Waals surface area (Å²) in [5.74, 6) is 1.75. The van der Waals surface area contributed by atoms with Crippen LogP contribution in [0.4, 0.5) is 0 Å². The standard InChI is InChI=1S/C11H24N2/c1-4-5-10-6-11(10)13-8-9(2)7-12-3/h9-13H,4-8H2,1-3H3. The number of hydrogen-bond acceptors (Lipinski definition) is 2. The fourth-order valence-electron chi connectivity index (χ4n) is 1.96. The molecule has 0 radical (unpaired) electrons. The van der Waals surface area contributed by atoms with Crippen LogP contribution in [0, 0.1) is 11.8 Å². The summed E-state index contributed by atoms with van der Waals surface area (Å²) in [6, 6.07) is 0.847. The van der Waals surface area contributed by atoms with Crippen LogP contribution in [0.1, 0.15) is 33.1 Å². The Labute approximate surface area is 82.5 Å². The summed E-state index contributed by atoms with van der Waals surface area (Å²) in [4.78, 5) is 0. The Morgan fingerprint density at radius 3 is 2.77 bits per heavy atom. The van der Waals surface area contributed by atoms with E-state index in [0.29, 0.717) is 0 Å². The molecule has 0 aromatic carbocycles. The lowest BCUT2D eigenvalue weighted by molar-refractivity contribution is 0.477. The fraction of sp³-hybridized carbons (Fsp3) is 1.00. The first kappa shape index (κ1) is 11.0. The summed E-state index contributed by atoms with van der Waals surface area (Å²) in [5, 5.41) is 6.84. The Morgan fingerprint density at radius 2 is 2.15 bits per heavy atom. The van der Waals surface area contributed by atoms with Gasteiger partial charge in [-0.05, 0) is 44.8 Å². The monoisotopic (exact) mass is 184 g/mol. The van der Waals surface area contributed by atoms with Gasteiger partial charge >= 0.3 is 0 Å². The van der Waals surface area contributed by atoms with E-state index in [4.69, 9.17) is 0 Å². The molecule has 2 nitrogen and oxygen atoms in total. The summed E-state index contributed by atoms with van der Waals surface area (Å²) in [6.07, 6.45) is 4.17. The van der Waals surface area contributed by atoms with Crippen molar-refractivity contribution in [3.8, 4) is 0 Å². The average Bonchev–Trinajstić information content (AvgIpc) is 2.82. The topological polar surface area (TPSA) is 24.1 Å². The Morgan fingerprint density at radius 1 is 1.38 bits per heavy atom. The minimum Gasteiger partial charge on any atom is -0.319 e. The molecule has 0 amide bonds. The molecular formula is C11H24N2. The van der Waals surface area contributed by atoms with Crippen LogP contribution >= 0.6 is 0 Å². The maximum absolute atomic E-state index is 3.64. The molecule has 78 valence electrons. The van der Waals surface area contributed by atoms with Crippen LogP contribution in [0.2, 0.25) is 0 Å². The van der Waals surface area contributed by atoms with Gasteiger partial charge in [0.2, 0.25) is 0 Å². The first-order valence-corrected chi connectivity index (χ1v) is 5.65. The molecule has 0 aromatic rings. The zero-order chi connectivity index (χ0) is 9.68. The Bertz CT molecular complexity index is 136. The molecule has 0 aliphatic heterocycles. The first-order valence-electron chi connectivity index (χ1n) is 5.65. The fourth-order valence-corrected chi connectivity index (χ4v) is 1.96. The molecule has 1 rings (SSSR count). The lowest BCUT2D eigenvalue weighted by Gasteiger charge is -2.11. The summed E-state index contributed by atoms with van der Waals surface area (Å²) < 4.78 is 0. The van der Waals surface area contributed by atoms with E-state index in [1.54, 1.807) is 0 Å². The van der Waals surface area contributed by atoms with Gasteiger partial charge in [0.05, 0.1) is 0 Å². The summed E-state index contributed by atoms with van der Waals surface area (Å²) in [7, 11) is 2.02. The highest BCUT2D eigenvalue weighted by atomic mass is 15.0. The van der Waals surface area contributed by atoms with E-state index in [9.17, 15) is 0 Å². The van der Waals surface area contributed by atoms with E-state index in [2.05, 4.69) is 24.5 Å². The molecule has 0 saturated heterocycles. The van der Waals surface area contributed by atoms with Crippen LogP contribution in [0.3, 0.4) is 0 Å². The van der Waals surface area contributed by atoms with Crippen molar-refractivity contribution in [2.45, 2.75) is 39.2 Å². The summed E-state index contributed by atoms with van der Waals surface area (Å²) >= 11 is 0. The molecule has 1 aliphatic carbocycles. The highest BCUT2D eigenvalue weighted by molar-refractivity contribution is 4.92. The third kappa shape index (κ3) is 4.10. The van der Waals surface area contributed by atoms with E-state index >= 15 is 0 Å². The molecule has 3 unspecified atom stereocenters. The molecule has 0 heterocycles. The van der Waals surface area contributed by atoms with Crippen molar-refractivity contribution in [2.75, 3.05) is 20.1 Å². The third-order valence-electron chi connectivity index (χ3n) is 2.86. The van der Waals surface area contributed by atoms with Crippen LogP contribution < -0.4 is 10.6 Å². The van der Waals surface area contributed by atoms with E-state index in [-0.39, 0.29) is 0 Å². The molecule has 13 heavy (non-hydrogen) atoms. The van der Waals surface area contributed by atoms with E-state index in [1.165, 1.54) is 25.8 Å². The predicted molar refractivity (Wildman–Crippen MR) is 57.9 cm³/mol. The maximum atomic E-state index is 3.64. The van der Waals surface area contributed by atoms with E-state index in [1.807, 2.05) is 7.05 Å². The zero-order valence-corrected chi connectivity index (χ0v) is 9.27. The first-order chi connectivity index (χ1) is 6.27. The van der Waals surface area contributed by atoms with Gasteiger partial charge < -0.3 is 10.6 Å². The van der Waals surface area contributed by atoms with Crippen molar-refractivity contribution in [1.29, 1.82) is 0 Å². The molecule has 2 heteroatoms. The Hall–Kier alpha value is -0.0800. The van der Waals surface area contributed by atoms with Gasteiger partial charge in [0.1, 0.15) is 0 Å². The number of hydrogen-bond donors (Lipinski definition) is 2. The quantitative estimate of drug-likeness (QED) is 0.628. The maximum Gasteiger partial charge on any atom is 0.00992 e. The largest absolute Gasteiger partial charge is 0.319 e. The SMILES string of the molecule is CCCC1CC1NCC(C)CNC. The van der Waals surface area contributed by atoms with Crippen LogP contribution in [0.5, 0.6) is 0 Å². The van der Waals surface area contributed by atoms with Crippen molar-refractivity contribution >= 4 is 0 Å². The van der Waals surface area contributed by atoms with Gasteiger partial charge in [-0.2, -0.15) is 0 Å². The Kier molecular flexibility index (Phi) is 4.74. The van der Waals surface area contributed by atoms with Crippen LogP contribution in [0.15, 0.2) is 0 Å². The van der Waals surface area contributed by atoms with Crippen LogP contribution in [-0.4, -0.2) is 26.2 Å². The molecule has 0 aromatic heterocycles. The van der Waals surface area contributed by atoms with Gasteiger partial charge in [0, 0.05) is 6.04 Å². The molecule has 2 N–H and O–H groups in total. The summed E-state index contributed by atoms with van der Waals surface area (Å²) in [6.45, 7) is 6.86. The summed E-state index contributed by atoms with van der Waals surface area (Å²) in [5.41, 5.74) is 0. The van der Waals surface area contributed by atoms with Gasteiger partial charge in [-0.3, -0.25) is 0 Å². The van der Waals surface area contributed by atoms with Crippen molar-refractivity contribution in [1.82, 2.24) is 10.6 Å². The highest BCUT2D eigenvalue weighted by Crippen LogP contribution is 2.34. The van der Waals surface area contributed by atoms with Crippen molar-refractivity contribution in [3.05, 3.63) is 0 Å². The second-order valence-corrected chi connectivity index (χ2v) is 4.46. The molecule has 1 aliphatic rings. The number of nitrogens with one attached hydrogen (secondary N) is 2. The second kappa shape index (κ2) is 5.61. The smallest absolute Gasteiger partial charge is 0.00992 e. The van der Waals surface area contributed by atoms with Crippen molar-refractivity contribution < 1.29 is 0 Å². The molecule has 1 fully saturated rings. The van der Waals surface area contributed by atoms with Gasteiger partial charge in [-0.15, -0.1) is 0 Å². The van der Waals surface area contributed by atoms with Crippen molar-refractivity contribution in [3.63, 3.8) is 0 Å². The molecule has 3 atom stereocenters. The molecule has 0 spiro atoms. The van der Waals surface area contributed by atoms with Gasteiger partial charge in [0.25, 0.3) is 0 Å². The third-order valence-corrected chi connectivity index (χ3v) is 2.86. The lowest BCUT2D eigenvalue weighted by Crippen LogP contribution is -2.29. The highest BCUT2D eigenvalue weighted by Gasteiger charge is 2.35. The Balaban J connectivity index is 1.95. The van der Waals surface area contributed by atoms with Crippen LogP contribution in [-0.2, 0) is 0 Å². The lowest BCUT2D eigenvalue weighted by atomic mass is 10.2. The normalized spacial score (nSPS) is 28.8. The molecule has 0 bridgehead atoms. The van der Waals surface area contributed by atoms with Gasteiger partial charge in [-0.25, -0.2) is 0 Å². The minimum atomic E-state index is 0.757. The zero-order valence-electron chi connectivity index (χ0n) is 9.27. The van der Waals surface area contributed by atoms with E-state index in [0.717, 1.165) is 24.4 Å². The van der Waals surface area contributed by atoms with Gasteiger partial charge in [-0.1, -0.05) is 20.3 Å². The van der Waals surface area contributed by atoms with Gasteiger partial charge in [0.15, 0.2) is 0 Å². The minimum absolute atomic E-state index is 0.757. The number of rotatable bonds is 7. The average molecular weight is 184 g/mol. The molecular weight excluding hydrogens is 160 g/mol. The second-order valence-electron chi connectivity index (χ2n) is 4.46. The molecule has 1 saturated carbocycles. The van der Waals surface area contributed by atoms with Crippen LogP contribution in [0.25, 0.3) is 0 Å². The van der Waals surface area contributed by atoms with Crippen molar-refractivity contribution in [2.24, 2.45) is 11.8 Å². The van der Waals surface area contributed by atoms with E-state index < -0.39 is 0 Å².